The predicted molar refractivity (Wildman–Crippen MR) is 128 cm³/mol. The third-order valence-corrected chi connectivity index (χ3v) is 4.50. The van der Waals surface area contributed by atoms with Crippen molar-refractivity contribution in [2.45, 2.75) is 20.0 Å². The predicted octanol–water partition coefficient (Wildman–Crippen LogP) is 4.90. The van der Waals surface area contributed by atoms with Gasteiger partial charge in [-0.1, -0.05) is 0 Å². The summed E-state index contributed by atoms with van der Waals surface area (Å²) in [7, 11) is 3.95. The molecule has 0 aliphatic heterocycles. The third-order valence-electron chi connectivity index (χ3n) is 4.50. The third kappa shape index (κ3) is 6.79. The number of likely N-dealkylation sites (N-methyl/N-ethyl adjacent to an activating group) is 1. The molecule has 180 valence electrons. The fourth-order valence-corrected chi connectivity index (χ4v) is 2.99. The maximum Gasteiger partial charge on any atom is 0.417 e. The molecule has 9 nitrogen and oxygen atoms in total. The summed E-state index contributed by atoms with van der Waals surface area (Å²) in [5, 5.41) is 13.0. The van der Waals surface area contributed by atoms with Crippen molar-refractivity contribution in [2.75, 3.05) is 37.5 Å². The highest BCUT2D eigenvalue weighted by molar-refractivity contribution is 5.95. The fraction of sp³-hybridized carbons (Fsp3) is 0.292. The van der Waals surface area contributed by atoms with E-state index < -0.39 is 11.9 Å². The van der Waals surface area contributed by atoms with Crippen molar-refractivity contribution < 1.29 is 23.8 Å². The molecule has 0 radical (unpaired) electrons. The highest BCUT2D eigenvalue weighted by Gasteiger charge is 2.24. The first-order valence-electron chi connectivity index (χ1n) is 10.7. The van der Waals surface area contributed by atoms with Crippen molar-refractivity contribution >= 4 is 29.2 Å². The first kappa shape index (κ1) is 24.7. The second-order valence-electron chi connectivity index (χ2n) is 7.94. The molecule has 0 aliphatic carbocycles. The minimum atomic E-state index is -1.30. The smallest absolute Gasteiger partial charge is 0.417 e. The lowest BCUT2D eigenvalue weighted by Crippen LogP contribution is -2.26. The van der Waals surface area contributed by atoms with E-state index in [1.54, 1.807) is 13.8 Å². The molecule has 1 aromatic heterocycles. The molecule has 3 rings (SSSR count). The van der Waals surface area contributed by atoms with Gasteiger partial charge in [-0.15, -0.1) is 0 Å². The first-order chi connectivity index (χ1) is 16.2. The maximum absolute atomic E-state index is 13.8. The molecule has 2 aromatic carbocycles. The lowest BCUT2D eigenvalue weighted by Gasteiger charge is -2.22. The Kier molecular flexibility index (Phi) is 8.20. The molecule has 2 N–H and O–H groups in total. The van der Waals surface area contributed by atoms with Crippen LogP contribution in [0.25, 0.3) is 0 Å². The van der Waals surface area contributed by atoms with Crippen molar-refractivity contribution in [3.05, 3.63) is 60.5 Å². The number of rotatable bonds is 10. The number of amides is 1. The van der Waals surface area contributed by atoms with Crippen LogP contribution in [0.1, 0.15) is 13.8 Å². The molecule has 10 heteroatoms. The van der Waals surface area contributed by atoms with Crippen LogP contribution in [-0.4, -0.2) is 59.4 Å². The Morgan fingerprint density at radius 3 is 2.53 bits per heavy atom. The van der Waals surface area contributed by atoms with E-state index in [-0.39, 0.29) is 29.3 Å². The number of hydrogen-bond donors (Lipinski definition) is 2. The summed E-state index contributed by atoms with van der Waals surface area (Å²) < 4.78 is 25.1. The largest absolute Gasteiger partial charge is 0.492 e. The van der Waals surface area contributed by atoms with E-state index in [1.807, 2.05) is 43.3 Å². The van der Waals surface area contributed by atoms with Gasteiger partial charge in [0.2, 0.25) is 5.95 Å². The van der Waals surface area contributed by atoms with Crippen molar-refractivity contribution in [3.63, 3.8) is 0 Å². The number of ether oxygens (including phenoxy) is 2. The monoisotopic (exact) mass is 469 g/mol. The van der Waals surface area contributed by atoms with Gasteiger partial charge in [0.05, 0.1) is 11.8 Å². The van der Waals surface area contributed by atoms with Crippen LogP contribution in [0.15, 0.2) is 54.7 Å². The zero-order valence-electron chi connectivity index (χ0n) is 19.5. The molecule has 0 aliphatic rings. The number of nitrogens with one attached hydrogen (secondary N) is 1. The van der Waals surface area contributed by atoms with Gasteiger partial charge >= 0.3 is 6.09 Å². The van der Waals surface area contributed by atoms with Gasteiger partial charge < -0.3 is 24.8 Å². The van der Waals surface area contributed by atoms with E-state index >= 15 is 0 Å². The van der Waals surface area contributed by atoms with Gasteiger partial charge in [-0.3, -0.25) is 0 Å². The zero-order valence-corrected chi connectivity index (χ0v) is 19.5. The van der Waals surface area contributed by atoms with E-state index in [1.165, 1.54) is 24.4 Å². The topological polar surface area (TPSA) is 100 Å². The van der Waals surface area contributed by atoms with E-state index in [4.69, 9.17) is 9.47 Å². The van der Waals surface area contributed by atoms with E-state index in [9.17, 15) is 14.3 Å². The molecule has 0 spiro atoms. The van der Waals surface area contributed by atoms with Crippen LogP contribution in [0.4, 0.5) is 32.3 Å². The Morgan fingerprint density at radius 1 is 1.15 bits per heavy atom. The SMILES string of the molecule is CC(C)Oc1cc(F)ccc1N(C(=O)O)c1ccnc(Nc2ccc(OCCN(C)C)cc2)n1. The Labute approximate surface area is 197 Å². The fourth-order valence-electron chi connectivity index (χ4n) is 2.99. The molecular formula is C24H28FN5O4. The van der Waals surface area contributed by atoms with Crippen LogP contribution in [0.3, 0.4) is 0 Å². The average Bonchev–Trinajstić information content (AvgIpc) is 2.76. The van der Waals surface area contributed by atoms with Crippen LogP contribution in [-0.2, 0) is 0 Å². The molecule has 0 bridgehead atoms. The second kappa shape index (κ2) is 11.3. The molecule has 34 heavy (non-hydrogen) atoms. The standard InChI is InChI=1S/C24H28FN5O4/c1-16(2)34-21-15-17(25)5-10-20(21)30(24(31)32)22-11-12-26-23(28-22)27-18-6-8-19(9-7-18)33-14-13-29(3)4/h5-12,15-16H,13-14H2,1-4H3,(H,31,32)(H,26,27,28). The Bertz CT molecular complexity index is 1110. The van der Waals surface area contributed by atoms with Gasteiger partial charge in [-0.05, 0) is 64.3 Å². The first-order valence-corrected chi connectivity index (χ1v) is 10.7. The van der Waals surface area contributed by atoms with Crippen LogP contribution >= 0.6 is 0 Å². The number of hydrogen-bond acceptors (Lipinski definition) is 7. The zero-order chi connectivity index (χ0) is 24.7. The van der Waals surface area contributed by atoms with E-state index in [2.05, 4.69) is 15.3 Å². The Balaban J connectivity index is 1.81. The van der Waals surface area contributed by atoms with Gasteiger partial charge in [0.15, 0.2) is 0 Å². The highest BCUT2D eigenvalue weighted by Crippen LogP contribution is 2.35. The maximum atomic E-state index is 13.8. The number of carboxylic acid groups (broad SMARTS) is 1. The molecule has 0 fully saturated rings. The van der Waals surface area contributed by atoms with E-state index in [0.29, 0.717) is 12.3 Å². The van der Waals surface area contributed by atoms with Crippen LogP contribution in [0, 0.1) is 5.82 Å². The minimum Gasteiger partial charge on any atom is -0.492 e. The molecule has 1 amide bonds. The summed E-state index contributed by atoms with van der Waals surface area (Å²) in [5.41, 5.74) is 0.844. The summed E-state index contributed by atoms with van der Waals surface area (Å²) in [6.07, 6.45) is -0.149. The molecule has 1 heterocycles. The molecule has 3 aromatic rings. The lowest BCUT2D eigenvalue weighted by molar-refractivity contribution is 0.203. The summed E-state index contributed by atoms with van der Waals surface area (Å²) in [6, 6.07) is 12.4. The Hall–Kier alpha value is -3.92. The van der Waals surface area contributed by atoms with E-state index in [0.717, 1.165) is 23.3 Å². The average molecular weight is 470 g/mol. The van der Waals surface area contributed by atoms with Crippen LogP contribution in [0.5, 0.6) is 11.5 Å². The summed E-state index contributed by atoms with van der Waals surface area (Å²) in [4.78, 5) is 23.6. The number of carbonyl (C=O) groups is 1. The normalized spacial score (nSPS) is 10.9. The van der Waals surface area contributed by atoms with Crippen LogP contribution in [0.2, 0.25) is 0 Å². The van der Waals surface area contributed by atoms with Gasteiger partial charge in [-0.25, -0.2) is 19.1 Å². The highest BCUT2D eigenvalue weighted by atomic mass is 19.1. The number of benzene rings is 2. The summed E-state index contributed by atoms with van der Waals surface area (Å²) in [5.74, 6) is 0.555. The van der Waals surface area contributed by atoms with Crippen molar-refractivity contribution in [3.8, 4) is 11.5 Å². The quantitative estimate of drug-likeness (QED) is 0.432. The summed E-state index contributed by atoms with van der Waals surface area (Å²) in [6.45, 7) is 4.91. The van der Waals surface area contributed by atoms with Crippen molar-refractivity contribution in [1.29, 1.82) is 0 Å². The summed E-state index contributed by atoms with van der Waals surface area (Å²) >= 11 is 0. The second-order valence-corrected chi connectivity index (χ2v) is 7.94. The van der Waals surface area contributed by atoms with Crippen molar-refractivity contribution in [2.24, 2.45) is 0 Å². The minimum absolute atomic E-state index is 0.0776. The Morgan fingerprint density at radius 2 is 1.88 bits per heavy atom. The molecule has 0 atom stereocenters. The number of nitrogens with zero attached hydrogens (tertiary/aromatic N) is 4. The number of halogens is 1. The molecular weight excluding hydrogens is 441 g/mol. The number of aromatic nitrogens is 2. The van der Waals surface area contributed by atoms with Gasteiger partial charge in [0, 0.05) is 30.6 Å². The van der Waals surface area contributed by atoms with Gasteiger partial charge in [0.1, 0.15) is 29.7 Å². The van der Waals surface area contributed by atoms with Crippen molar-refractivity contribution in [1.82, 2.24) is 14.9 Å². The van der Waals surface area contributed by atoms with Crippen LogP contribution < -0.4 is 19.7 Å². The lowest BCUT2D eigenvalue weighted by atomic mass is 10.2. The molecule has 0 saturated carbocycles. The number of anilines is 4. The van der Waals surface area contributed by atoms with Gasteiger partial charge in [0.25, 0.3) is 0 Å². The molecule has 0 unspecified atom stereocenters. The molecule has 0 saturated heterocycles. The van der Waals surface area contributed by atoms with Gasteiger partial charge in [-0.2, -0.15) is 4.98 Å².